The standard InChI is InChI=1S/C15H11ClFNO2/c16-9-5-8-3-4-20-15(8)12(6-9)14(19)11-2-1-10(17)7-13(11)18/h1-2,5-7H,3-4,18H2. The molecule has 2 N–H and O–H groups in total. The van der Waals surface area contributed by atoms with Gasteiger partial charge in [-0.15, -0.1) is 0 Å². The van der Waals surface area contributed by atoms with Crippen LogP contribution in [0.5, 0.6) is 5.75 Å². The minimum Gasteiger partial charge on any atom is -0.492 e. The van der Waals surface area contributed by atoms with Gasteiger partial charge in [-0.25, -0.2) is 4.39 Å². The smallest absolute Gasteiger partial charge is 0.198 e. The van der Waals surface area contributed by atoms with Crippen LogP contribution >= 0.6 is 11.6 Å². The van der Waals surface area contributed by atoms with E-state index < -0.39 is 5.82 Å². The lowest BCUT2D eigenvalue weighted by atomic mass is 9.98. The van der Waals surface area contributed by atoms with Crippen molar-refractivity contribution in [1.29, 1.82) is 0 Å². The second-order valence-electron chi connectivity index (χ2n) is 4.60. The van der Waals surface area contributed by atoms with Crippen LogP contribution in [0.1, 0.15) is 21.5 Å². The van der Waals surface area contributed by atoms with Gasteiger partial charge in [-0.3, -0.25) is 4.79 Å². The fourth-order valence-corrected chi connectivity index (χ4v) is 2.56. The Morgan fingerprint density at radius 3 is 2.80 bits per heavy atom. The molecule has 3 nitrogen and oxygen atoms in total. The number of hydrogen-bond acceptors (Lipinski definition) is 3. The lowest BCUT2D eigenvalue weighted by molar-refractivity contribution is 0.103. The van der Waals surface area contributed by atoms with Gasteiger partial charge in [-0.1, -0.05) is 11.6 Å². The number of nitrogen functional groups attached to an aromatic ring is 1. The molecule has 1 aliphatic rings. The van der Waals surface area contributed by atoms with Crippen molar-refractivity contribution in [2.45, 2.75) is 6.42 Å². The molecule has 0 amide bonds. The number of rotatable bonds is 2. The highest BCUT2D eigenvalue weighted by Crippen LogP contribution is 2.34. The molecule has 1 heterocycles. The van der Waals surface area contributed by atoms with Crippen LogP contribution in [0.2, 0.25) is 5.02 Å². The monoisotopic (exact) mass is 291 g/mol. The molecule has 0 unspecified atom stereocenters. The van der Waals surface area contributed by atoms with Crippen molar-refractivity contribution in [3.8, 4) is 5.75 Å². The number of hydrogen-bond donors (Lipinski definition) is 1. The molecule has 0 saturated carbocycles. The molecule has 2 aromatic carbocycles. The van der Waals surface area contributed by atoms with Crippen LogP contribution in [0, 0.1) is 5.82 Å². The van der Waals surface area contributed by atoms with Crippen molar-refractivity contribution in [2.75, 3.05) is 12.3 Å². The predicted octanol–water partition coefficient (Wildman–Crippen LogP) is 3.23. The molecule has 0 saturated heterocycles. The van der Waals surface area contributed by atoms with Gasteiger partial charge in [0.25, 0.3) is 0 Å². The van der Waals surface area contributed by atoms with Crippen LogP contribution in [0.3, 0.4) is 0 Å². The minimum atomic E-state index is -0.480. The van der Waals surface area contributed by atoms with Gasteiger partial charge in [0.05, 0.1) is 12.2 Å². The fourth-order valence-electron chi connectivity index (χ4n) is 2.32. The fraction of sp³-hybridized carbons (Fsp3) is 0.133. The molecule has 0 aliphatic carbocycles. The number of ether oxygens (including phenoxy) is 1. The van der Waals surface area contributed by atoms with Crippen LogP contribution in [0.15, 0.2) is 30.3 Å². The van der Waals surface area contributed by atoms with Gasteiger partial charge in [0.1, 0.15) is 11.6 Å². The Bertz CT molecular complexity index is 715. The Kier molecular flexibility index (Phi) is 3.10. The Balaban J connectivity index is 2.11. The molecule has 20 heavy (non-hydrogen) atoms. The van der Waals surface area contributed by atoms with Crippen LogP contribution in [-0.4, -0.2) is 12.4 Å². The van der Waals surface area contributed by atoms with Crippen LogP contribution in [0.25, 0.3) is 0 Å². The molecular formula is C15H11ClFNO2. The van der Waals surface area contributed by atoms with E-state index in [0.717, 1.165) is 18.1 Å². The summed E-state index contributed by atoms with van der Waals surface area (Å²) in [5, 5.41) is 0.471. The van der Waals surface area contributed by atoms with E-state index in [9.17, 15) is 9.18 Å². The average molecular weight is 292 g/mol. The van der Waals surface area contributed by atoms with Crippen molar-refractivity contribution in [1.82, 2.24) is 0 Å². The zero-order chi connectivity index (χ0) is 14.3. The maximum absolute atomic E-state index is 13.1. The average Bonchev–Trinajstić information content (AvgIpc) is 2.85. The number of fused-ring (bicyclic) bond motifs is 1. The normalized spacial score (nSPS) is 12.9. The van der Waals surface area contributed by atoms with Crippen LogP contribution in [-0.2, 0) is 6.42 Å². The zero-order valence-electron chi connectivity index (χ0n) is 10.5. The molecule has 0 aromatic heterocycles. The molecule has 0 fully saturated rings. The first-order chi connectivity index (χ1) is 9.56. The summed E-state index contributed by atoms with van der Waals surface area (Å²) in [5.74, 6) is -0.252. The lowest BCUT2D eigenvalue weighted by Crippen LogP contribution is -2.07. The topological polar surface area (TPSA) is 52.3 Å². The largest absolute Gasteiger partial charge is 0.492 e. The molecule has 1 aliphatic heterocycles. The summed E-state index contributed by atoms with van der Waals surface area (Å²) in [6.45, 7) is 0.523. The minimum absolute atomic E-state index is 0.0988. The third-order valence-corrected chi connectivity index (χ3v) is 3.47. The van der Waals surface area contributed by atoms with Gasteiger partial charge in [0.15, 0.2) is 5.78 Å². The van der Waals surface area contributed by atoms with Crippen LogP contribution in [0.4, 0.5) is 10.1 Å². The highest BCUT2D eigenvalue weighted by atomic mass is 35.5. The zero-order valence-corrected chi connectivity index (χ0v) is 11.2. The third kappa shape index (κ3) is 2.12. The van der Waals surface area contributed by atoms with Gasteiger partial charge in [-0.05, 0) is 35.9 Å². The van der Waals surface area contributed by atoms with E-state index in [2.05, 4.69) is 0 Å². The van der Waals surface area contributed by atoms with Crippen molar-refractivity contribution in [3.05, 3.63) is 57.9 Å². The summed E-state index contributed by atoms with van der Waals surface area (Å²) in [7, 11) is 0. The maximum atomic E-state index is 13.1. The van der Waals surface area contributed by atoms with E-state index in [0.29, 0.717) is 22.9 Å². The van der Waals surface area contributed by atoms with E-state index in [4.69, 9.17) is 22.1 Å². The molecule has 3 rings (SSSR count). The van der Waals surface area contributed by atoms with Gasteiger partial charge >= 0.3 is 0 Å². The summed E-state index contributed by atoms with van der Waals surface area (Å²) in [6.07, 6.45) is 0.717. The number of anilines is 1. The molecule has 102 valence electrons. The van der Waals surface area contributed by atoms with Crippen molar-refractivity contribution in [2.24, 2.45) is 0 Å². The SMILES string of the molecule is Nc1cc(F)ccc1C(=O)c1cc(Cl)cc2c1OCC2. The first kappa shape index (κ1) is 12.9. The predicted molar refractivity (Wildman–Crippen MR) is 74.9 cm³/mol. The number of ketones is 1. The van der Waals surface area contributed by atoms with E-state index >= 15 is 0 Å². The highest BCUT2D eigenvalue weighted by molar-refractivity contribution is 6.31. The summed E-state index contributed by atoms with van der Waals surface area (Å²) < 4.78 is 18.6. The second-order valence-corrected chi connectivity index (χ2v) is 5.04. The van der Waals surface area contributed by atoms with Gasteiger partial charge in [0.2, 0.25) is 0 Å². The Labute approximate surface area is 120 Å². The summed E-state index contributed by atoms with van der Waals surface area (Å²) in [5.41, 5.74) is 7.32. The summed E-state index contributed by atoms with van der Waals surface area (Å²) in [6, 6.07) is 7.04. The van der Waals surface area contributed by atoms with E-state index in [1.807, 2.05) is 0 Å². The summed E-state index contributed by atoms with van der Waals surface area (Å²) >= 11 is 6.03. The number of carbonyl (C=O) groups is 1. The molecule has 5 heteroatoms. The van der Waals surface area contributed by atoms with Crippen molar-refractivity contribution < 1.29 is 13.9 Å². The molecule has 0 bridgehead atoms. The van der Waals surface area contributed by atoms with Gasteiger partial charge in [0, 0.05) is 22.7 Å². The quantitative estimate of drug-likeness (QED) is 0.683. The van der Waals surface area contributed by atoms with Crippen molar-refractivity contribution in [3.63, 3.8) is 0 Å². The van der Waals surface area contributed by atoms with Gasteiger partial charge < -0.3 is 10.5 Å². The molecular weight excluding hydrogens is 281 g/mol. The second kappa shape index (κ2) is 4.80. The number of halogens is 2. The number of carbonyl (C=O) groups excluding carboxylic acids is 1. The molecule has 2 aromatic rings. The summed E-state index contributed by atoms with van der Waals surface area (Å²) in [4.78, 5) is 12.5. The van der Waals surface area contributed by atoms with E-state index in [-0.39, 0.29) is 17.0 Å². The van der Waals surface area contributed by atoms with Gasteiger partial charge in [-0.2, -0.15) is 0 Å². The van der Waals surface area contributed by atoms with Crippen LogP contribution < -0.4 is 10.5 Å². The third-order valence-electron chi connectivity index (χ3n) is 3.25. The number of benzene rings is 2. The Hall–Kier alpha value is -2.07. The highest BCUT2D eigenvalue weighted by Gasteiger charge is 2.24. The molecule has 0 atom stereocenters. The molecule has 0 radical (unpaired) electrons. The number of nitrogens with two attached hydrogens (primary N) is 1. The lowest BCUT2D eigenvalue weighted by Gasteiger charge is -2.10. The maximum Gasteiger partial charge on any atom is 0.198 e. The van der Waals surface area contributed by atoms with Crippen molar-refractivity contribution >= 4 is 23.1 Å². The first-order valence-electron chi connectivity index (χ1n) is 6.11. The van der Waals surface area contributed by atoms with E-state index in [1.165, 1.54) is 12.1 Å². The van der Waals surface area contributed by atoms with E-state index in [1.54, 1.807) is 12.1 Å². The Morgan fingerprint density at radius 1 is 1.25 bits per heavy atom. The molecule has 0 spiro atoms. The first-order valence-corrected chi connectivity index (χ1v) is 6.49. The Morgan fingerprint density at radius 2 is 2.05 bits per heavy atom.